The predicted molar refractivity (Wildman–Crippen MR) is 64.0 cm³/mol. The first-order chi connectivity index (χ1) is 7.48. The van der Waals surface area contributed by atoms with Crippen molar-refractivity contribution in [1.82, 2.24) is 10.3 Å². The van der Waals surface area contributed by atoms with Crippen LogP contribution in [0.25, 0.3) is 0 Å². The van der Waals surface area contributed by atoms with E-state index < -0.39 is 0 Å². The molecule has 0 aromatic carbocycles. The summed E-state index contributed by atoms with van der Waals surface area (Å²) in [6.07, 6.45) is 2.51. The highest BCUT2D eigenvalue weighted by atomic mass is 16.2. The molecule has 0 spiro atoms. The largest absolute Gasteiger partial charge is 0.346 e. The number of amides is 1. The maximum atomic E-state index is 11.8. The second kappa shape index (κ2) is 5.07. The Hall–Kier alpha value is -1.42. The summed E-state index contributed by atoms with van der Waals surface area (Å²) in [4.78, 5) is 15.9. The molecule has 0 aliphatic rings. The maximum Gasteiger partial charge on any atom is 0.270 e. The van der Waals surface area contributed by atoms with E-state index in [2.05, 4.69) is 10.3 Å². The van der Waals surface area contributed by atoms with Gasteiger partial charge in [0.25, 0.3) is 5.91 Å². The highest BCUT2D eigenvalue weighted by molar-refractivity contribution is 5.92. The highest BCUT2D eigenvalue weighted by Gasteiger charge is 2.19. The lowest BCUT2D eigenvalue weighted by molar-refractivity contribution is 0.0906. The standard InChI is InChI=1S/C12H19N3O/c1-4-12(2,3)15-11(16)10-6-5-9(7-13)8-14-10/h5-6,8H,4,7,13H2,1-3H3,(H,15,16). The second-order valence-electron chi connectivity index (χ2n) is 4.45. The number of nitrogens with one attached hydrogen (secondary N) is 1. The van der Waals surface area contributed by atoms with Crippen molar-refractivity contribution in [3.05, 3.63) is 29.6 Å². The molecule has 0 radical (unpaired) electrons. The minimum Gasteiger partial charge on any atom is -0.346 e. The van der Waals surface area contributed by atoms with Gasteiger partial charge >= 0.3 is 0 Å². The van der Waals surface area contributed by atoms with Crippen molar-refractivity contribution >= 4 is 5.91 Å². The van der Waals surface area contributed by atoms with Crippen molar-refractivity contribution in [3.8, 4) is 0 Å². The fourth-order valence-corrected chi connectivity index (χ4v) is 1.14. The highest BCUT2D eigenvalue weighted by Crippen LogP contribution is 2.08. The molecule has 3 N–H and O–H groups in total. The van der Waals surface area contributed by atoms with Crippen molar-refractivity contribution in [2.45, 2.75) is 39.3 Å². The summed E-state index contributed by atoms with van der Waals surface area (Å²) in [6, 6.07) is 3.52. The van der Waals surface area contributed by atoms with Crippen LogP contribution in [0.2, 0.25) is 0 Å². The molecule has 0 aliphatic carbocycles. The van der Waals surface area contributed by atoms with Crippen LogP contribution in [-0.4, -0.2) is 16.4 Å². The molecule has 0 bridgehead atoms. The summed E-state index contributed by atoms with van der Waals surface area (Å²) in [7, 11) is 0. The minimum atomic E-state index is -0.203. The van der Waals surface area contributed by atoms with E-state index in [4.69, 9.17) is 5.73 Å². The number of rotatable bonds is 4. The van der Waals surface area contributed by atoms with E-state index >= 15 is 0 Å². The van der Waals surface area contributed by atoms with Gasteiger partial charge in [0.05, 0.1) is 0 Å². The lowest BCUT2D eigenvalue weighted by atomic mass is 10.0. The number of carbonyl (C=O) groups excluding carboxylic acids is 1. The van der Waals surface area contributed by atoms with Crippen LogP contribution in [0, 0.1) is 0 Å². The molecular formula is C12H19N3O. The van der Waals surface area contributed by atoms with Crippen molar-refractivity contribution in [1.29, 1.82) is 0 Å². The van der Waals surface area contributed by atoms with Crippen LogP contribution < -0.4 is 11.1 Å². The van der Waals surface area contributed by atoms with Crippen LogP contribution in [0.4, 0.5) is 0 Å². The zero-order valence-electron chi connectivity index (χ0n) is 10.1. The Bertz CT molecular complexity index is 357. The molecule has 16 heavy (non-hydrogen) atoms. The van der Waals surface area contributed by atoms with Crippen molar-refractivity contribution in [3.63, 3.8) is 0 Å². The number of nitrogens with zero attached hydrogens (tertiary/aromatic N) is 1. The van der Waals surface area contributed by atoms with Crippen LogP contribution >= 0.6 is 0 Å². The topological polar surface area (TPSA) is 68.0 Å². The van der Waals surface area contributed by atoms with Gasteiger partial charge in [0, 0.05) is 18.3 Å². The van der Waals surface area contributed by atoms with Crippen LogP contribution in [0.1, 0.15) is 43.2 Å². The van der Waals surface area contributed by atoms with Gasteiger partial charge in [0.15, 0.2) is 0 Å². The van der Waals surface area contributed by atoms with E-state index in [1.807, 2.05) is 26.8 Å². The van der Waals surface area contributed by atoms with Crippen molar-refractivity contribution in [2.75, 3.05) is 0 Å². The number of nitrogens with two attached hydrogens (primary N) is 1. The van der Waals surface area contributed by atoms with E-state index in [1.54, 1.807) is 12.3 Å². The smallest absolute Gasteiger partial charge is 0.270 e. The Morgan fingerprint density at radius 2 is 2.19 bits per heavy atom. The van der Waals surface area contributed by atoms with Gasteiger partial charge in [-0.05, 0) is 31.9 Å². The first-order valence-corrected chi connectivity index (χ1v) is 5.46. The fraction of sp³-hybridized carbons (Fsp3) is 0.500. The molecule has 1 amide bonds. The van der Waals surface area contributed by atoms with E-state index in [-0.39, 0.29) is 11.4 Å². The molecule has 4 heteroatoms. The fourth-order valence-electron chi connectivity index (χ4n) is 1.14. The molecule has 1 rings (SSSR count). The molecular weight excluding hydrogens is 202 g/mol. The van der Waals surface area contributed by atoms with E-state index in [1.165, 1.54) is 0 Å². The minimum absolute atomic E-state index is 0.143. The second-order valence-corrected chi connectivity index (χ2v) is 4.45. The van der Waals surface area contributed by atoms with Crippen molar-refractivity contribution in [2.24, 2.45) is 5.73 Å². The third kappa shape index (κ3) is 3.31. The molecule has 0 fully saturated rings. The zero-order chi connectivity index (χ0) is 12.2. The summed E-state index contributed by atoms with van der Waals surface area (Å²) in [5.74, 6) is -0.143. The predicted octanol–water partition coefficient (Wildman–Crippen LogP) is 1.46. The van der Waals surface area contributed by atoms with E-state index in [0.29, 0.717) is 12.2 Å². The quantitative estimate of drug-likeness (QED) is 0.808. The number of pyridine rings is 1. The summed E-state index contributed by atoms with van der Waals surface area (Å²) >= 11 is 0. The van der Waals surface area contributed by atoms with E-state index in [9.17, 15) is 4.79 Å². The van der Waals surface area contributed by atoms with Gasteiger partial charge in [0.2, 0.25) is 0 Å². The summed E-state index contributed by atoms with van der Waals surface area (Å²) in [6.45, 7) is 6.44. The molecule has 0 atom stereocenters. The summed E-state index contributed by atoms with van der Waals surface area (Å²) < 4.78 is 0. The van der Waals surface area contributed by atoms with Gasteiger partial charge in [-0.1, -0.05) is 13.0 Å². The first-order valence-electron chi connectivity index (χ1n) is 5.46. The maximum absolute atomic E-state index is 11.8. The molecule has 0 saturated carbocycles. The van der Waals surface area contributed by atoms with Crippen LogP contribution in [0.5, 0.6) is 0 Å². The third-order valence-corrected chi connectivity index (χ3v) is 2.63. The van der Waals surface area contributed by atoms with Gasteiger partial charge in [-0.25, -0.2) is 0 Å². The number of hydrogen-bond acceptors (Lipinski definition) is 3. The molecule has 4 nitrogen and oxygen atoms in total. The van der Waals surface area contributed by atoms with Crippen LogP contribution in [0.15, 0.2) is 18.3 Å². The van der Waals surface area contributed by atoms with Crippen molar-refractivity contribution < 1.29 is 4.79 Å². The lowest BCUT2D eigenvalue weighted by Gasteiger charge is -2.24. The molecule has 0 unspecified atom stereocenters. The van der Waals surface area contributed by atoms with Gasteiger partial charge in [-0.3, -0.25) is 9.78 Å². The average Bonchev–Trinajstić information content (AvgIpc) is 2.28. The zero-order valence-corrected chi connectivity index (χ0v) is 10.1. The number of hydrogen-bond donors (Lipinski definition) is 2. The van der Waals surface area contributed by atoms with Gasteiger partial charge in [-0.2, -0.15) is 0 Å². The Balaban J connectivity index is 2.73. The average molecular weight is 221 g/mol. The van der Waals surface area contributed by atoms with Gasteiger partial charge in [0.1, 0.15) is 5.69 Å². The third-order valence-electron chi connectivity index (χ3n) is 2.63. The molecule has 88 valence electrons. The van der Waals surface area contributed by atoms with Crippen LogP contribution in [0.3, 0.4) is 0 Å². The Morgan fingerprint density at radius 1 is 1.50 bits per heavy atom. The number of aromatic nitrogens is 1. The van der Waals surface area contributed by atoms with Crippen LogP contribution in [-0.2, 0) is 6.54 Å². The monoisotopic (exact) mass is 221 g/mol. The summed E-state index contributed by atoms with van der Waals surface area (Å²) in [5, 5.41) is 2.93. The number of carbonyl (C=O) groups is 1. The first kappa shape index (κ1) is 12.6. The molecule has 0 aliphatic heterocycles. The SMILES string of the molecule is CCC(C)(C)NC(=O)c1ccc(CN)cn1. The molecule has 0 saturated heterocycles. The van der Waals surface area contributed by atoms with Gasteiger partial charge in [-0.15, -0.1) is 0 Å². The molecule has 1 heterocycles. The summed E-state index contributed by atoms with van der Waals surface area (Å²) in [5.41, 5.74) is 6.61. The van der Waals surface area contributed by atoms with Gasteiger partial charge < -0.3 is 11.1 Å². The molecule has 1 aromatic heterocycles. The van der Waals surface area contributed by atoms with E-state index in [0.717, 1.165) is 12.0 Å². The Labute approximate surface area is 96.3 Å². The molecule has 1 aromatic rings. The lowest BCUT2D eigenvalue weighted by Crippen LogP contribution is -2.43. The Morgan fingerprint density at radius 3 is 2.62 bits per heavy atom. The Kier molecular flexibility index (Phi) is 4.01. The normalized spacial score (nSPS) is 11.2.